The smallest absolute Gasteiger partial charge is 0.328 e. The highest BCUT2D eigenvalue weighted by Gasteiger charge is 2.30. The number of ether oxygens (including phenoxy) is 2. The van der Waals surface area contributed by atoms with Crippen molar-refractivity contribution in [3.63, 3.8) is 0 Å². The average Bonchev–Trinajstić information content (AvgIpc) is 2.74. The first-order valence-electron chi connectivity index (χ1n) is 6.40. The van der Waals surface area contributed by atoms with Gasteiger partial charge in [-0.15, -0.1) is 0 Å². The van der Waals surface area contributed by atoms with Crippen molar-refractivity contribution in [3.05, 3.63) is 40.5 Å². The van der Waals surface area contributed by atoms with E-state index in [-0.39, 0.29) is 11.6 Å². The van der Waals surface area contributed by atoms with Crippen molar-refractivity contribution in [3.8, 4) is 11.5 Å². The van der Waals surface area contributed by atoms with Crippen LogP contribution in [0.3, 0.4) is 0 Å². The van der Waals surface area contributed by atoms with E-state index in [1.165, 1.54) is 14.2 Å². The van der Waals surface area contributed by atoms with E-state index < -0.39 is 6.03 Å². The van der Waals surface area contributed by atoms with Gasteiger partial charge in [0.25, 0.3) is 5.91 Å². The molecule has 1 fully saturated rings. The topological polar surface area (TPSA) is 67.9 Å². The van der Waals surface area contributed by atoms with Gasteiger partial charge < -0.3 is 14.8 Å². The number of hydrogen-bond acceptors (Lipinski definition) is 4. The first-order chi connectivity index (χ1) is 10.5. The summed E-state index contributed by atoms with van der Waals surface area (Å²) in [5.74, 6) is 0.681. The van der Waals surface area contributed by atoms with Crippen molar-refractivity contribution in [1.82, 2.24) is 10.2 Å². The lowest BCUT2D eigenvalue weighted by molar-refractivity contribution is -0.121. The van der Waals surface area contributed by atoms with Gasteiger partial charge in [0.15, 0.2) is 11.5 Å². The minimum Gasteiger partial charge on any atom is -0.493 e. The minimum atomic E-state index is -0.453. The second-order valence-corrected chi connectivity index (χ2v) is 5.33. The van der Waals surface area contributed by atoms with Gasteiger partial charge in [0, 0.05) is 11.5 Å². The van der Waals surface area contributed by atoms with Crippen LogP contribution in [0.1, 0.15) is 5.56 Å². The molecule has 0 spiro atoms. The number of carbonyl (C=O) groups is 2. The Morgan fingerprint density at radius 3 is 2.64 bits per heavy atom. The van der Waals surface area contributed by atoms with Gasteiger partial charge in [-0.25, -0.2) is 4.79 Å². The number of urea groups is 1. The highest BCUT2D eigenvalue weighted by Crippen LogP contribution is 2.34. The van der Waals surface area contributed by atoms with Crippen molar-refractivity contribution in [1.29, 1.82) is 0 Å². The van der Waals surface area contributed by atoms with Crippen molar-refractivity contribution in [2.75, 3.05) is 20.8 Å². The molecule has 1 aromatic carbocycles. The van der Waals surface area contributed by atoms with Gasteiger partial charge in [0.1, 0.15) is 12.3 Å². The average molecular weight is 367 g/mol. The molecule has 3 amide bonds. The highest BCUT2D eigenvalue weighted by molar-refractivity contribution is 9.10. The van der Waals surface area contributed by atoms with Crippen LogP contribution in [0.4, 0.5) is 4.79 Å². The zero-order chi connectivity index (χ0) is 16.3. The third kappa shape index (κ3) is 3.14. The summed E-state index contributed by atoms with van der Waals surface area (Å²) in [5.41, 5.74) is 0.886. The van der Waals surface area contributed by atoms with E-state index in [1.54, 1.807) is 24.3 Å². The second-order valence-electron chi connectivity index (χ2n) is 4.48. The number of rotatable bonds is 5. The van der Waals surface area contributed by atoms with Crippen LogP contribution >= 0.6 is 15.9 Å². The molecule has 1 heterocycles. The Morgan fingerprint density at radius 1 is 1.36 bits per heavy atom. The van der Waals surface area contributed by atoms with E-state index in [1.807, 2.05) is 0 Å². The zero-order valence-corrected chi connectivity index (χ0v) is 13.8. The predicted octanol–water partition coefficient (Wildman–Crippen LogP) is 2.55. The first-order valence-corrected chi connectivity index (χ1v) is 7.19. The Kier molecular flexibility index (Phi) is 4.87. The fraction of sp³-hybridized carbons (Fsp3) is 0.200. The Balaban J connectivity index is 2.38. The minimum absolute atomic E-state index is 0.204. The molecule has 0 atom stereocenters. The van der Waals surface area contributed by atoms with Crippen molar-refractivity contribution in [2.45, 2.75) is 0 Å². The van der Waals surface area contributed by atoms with Crippen molar-refractivity contribution in [2.24, 2.45) is 0 Å². The zero-order valence-electron chi connectivity index (χ0n) is 12.2. The largest absolute Gasteiger partial charge is 0.493 e. The maximum atomic E-state index is 11.9. The number of likely N-dealkylation sites (N-methyl/N-ethyl adjacent to an activating group) is 1. The van der Waals surface area contributed by atoms with E-state index in [9.17, 15) is 9.59 Å². The van der Waals surface area contributed by atoms with Crippen LogP contribution < -0.4 is 14.8 Å². The Morgan fingerprint density at radius 2 is 2.09 bits per heavy atom. The third-order valence-electron chi connectivity index (χ3n) is 3.02. The maximum absolute atomic E-state index is 11.9. The number of methoxy groups -OCH3 is 1. The number of benzene rings is 1. The van der Waals surface area contributed by atoms with Crippen molar-refractivity contribution >= 4 is 33.9 Å². The fourth-order valence-corrected chi connectivity index (χ4v) is 2.30. The Labute approximate surface area is 136 Å². The van der Waals surface area contributed by atoms with Crippen LogP contribution in [0.15, 0.2) is 35.0 Å². The number of nitrogens with one attached hydrogen (secondary N) is 1. The summed E-state index contributed by atoms with van der Waals surface area (Å²) in [4.78, 5) is 24.4. The molecule has 1 saturated heterocycles. The number of amides is 3. The molecule has 0 radical (unpaired) electrons. The second kappa shape index (κ2) is 6.65. The van der Waals surface area contributed by atoms with Crippen LogP contribution in [0, 0.1) is 0 Å². The van der Waals surface area contributed by atoms with Crippen LogP contribution in [-0.2, 0) is 4.79 Å². The van der Waals surface area contributed by atoms with Gasteiger partial charge in [-0.1, -0.05) is 28.6 Å². The lowest BCUT2D eigenvalue weighted by Crippen LogP contribution is -2.25. The Bertz CT molecular complexity index is 670. The molecule has 6 nitrogen and oxygen atoms in total. The molecule has 0 bridgehead atoms. The molecule has 0 unspecified atom stereocenters. The molecule has 1 aromatic rings. The number of imide groups is 1. The molecule has 0 aromatic heterocycles. The standard InChI is InChI=1S/C15H15BrN2O4/c1-4-5-22-13-8-10(16)9(7-12(13)21-3)6-11-14(19)18(2)15(20)17-11/h4,6-8H,1,5H2,2-3H3,(H,17,20)/b11-6+. The van der Waals surface area contributed by atoms with Crippen LogP contribution in [0.2, 0.25) is 0 Å². The third-order valence-corrected chi connectivity index (χ3v) is 3.71. The predicted molar refractivity (Wildman–Crippen MR) is 85.7 cm³/mol. The van der Waals surface area contributed by atoms with Crippen LogP contribution in [-0.4, -0.2) is 37.6 Å². The molecule has 1 N–H and O–H groups in total. The normalized spacial score (nSPS) is 16.0. The van der Waals surface area contributed by atoms with Gasteiger partial charge in [0.2, 0.25) is 0 Å². The van der Waals surface area contributed by atoms with Gasteiger partial charge in [-0.3, -0.25) is 9.69 Å². The monoisotopic (exact) mass is 366 g/mol. The number of halogens is 1. The summed E-state index contributed by atoms with van der Waals surface area (Å²) in [5, 5.41) is 2.51. The molecular weight excluding hydrogens is 352 g/mol. The molecule has 22 heavy (non-hydrogen) atoms. The SMILES string of the molecule is C=CCOc1cc(Br)c(/C=C2/NC(=O)N(C)C2=O)cc1OC. The molecule has 1 aliphatic rings. The molecule has 116 valence electrons. The first kappa shape index (κ1) is 16.1. The van der Waals surface area contributed by atoms with Gasteiger partial charge in [-0.05, 0) is 23.8 Å². The highest BCUT2D eigenvalue weighted by atomic mass is 79.9. The summed E-state index contributed by atoms with van der Waals surface area (Å²) in [6.07, 6.45) is 3.21. The molecule has 1 aliphatic heterocycles. The van der Waals surface area contributed by atoms with Gasteiger partial charge in [-0.2, -0.15) is 0 Å². The summed E-state index contributed by atoms with van der Waals surface area (Å²) >= 11 is 3.42. The number of hydrogen-bond donors (Lipinski definition) is 1. The maximum Gasteiger partial charge on any atom is 0.328 e. The number of carbonyl (C=O) groups excluding carboxylic acids is 2. The molecule has 0 aliphatic carbocycles. The lowest BCUT2D eigenvalue weighted by Gasteiger charge is -2.11. The van der Waals surface area contributed by atoms with E-state index in [0.717, 1.165) is 4.90 Å². The van der Waals surface area contributed by atoms with Gasteiger partial charge in [0.05, 0.1) is 7.11 Å². The summed E-state index contributed by atoms with van der Waals surface area (Å²) in [7, 11) is 2.94. The summed E-state index contributed by atoms with van der Waals surface area (Å²) < 4.78 is 11.5. The summed E-state index contributed by atoms with van der Waals surface area (Å²) in [6, 6.07) is 3.00. The Hall–Kier alpha value is -2.28. The number of nitrogens with zero attached hydrogens (tertiary/aromatic N) is 1. The lowest BCUT2D eigenvalue weighted by atomic mass is 10.1. The molecule has 7 heteroatoms. The van der Waals surface area contributed by atoms with Crippen molar-refractivity contribution < 1.29 is 19.1 Å². The van der Waals surface area contributed by atoms with Gasteiger partial charge >= 0.3 is 6.03 Å². The summed E-state index contributed by atoms with van der Waals surface area (Å²) in [6.45, 7) is 3.94. The quantitative estimate of drug-likeness (QED) is 0.494. The van der Waals surface area contributed by atoms with Crippen LogP contribution in [0.5, 0.6) is 11.5 Å². The molecular formula is C15H15BrN2O4. The molecule has 2 rings (SSSR count). The van der Waals surface area contributed by atoms with E-state index in [0.29, 0.717) is 28.1 Å². The van der Waals surface area contributed by atoms with E-state index in [4.69, 9.17) is 9.47 Å². The van der Waals surface area contributed by atoms with Crippen LogP contribution in [0.25, 0.3) is 6.08 Å². The van der Waals surface area contributed by atoms with E-state index in [2.05, 4.69) is 27.8 Å². The molecule has 0 saturated carbocycles. The fourth-order valence-electron chi connectivity index (χ4n) is 1.86. The van der Waals surface area contributed by atoms with E-state index >= 15 is 0 Å².